The second-order valence-corrected chi connectivity index (χ2v) is 7.56. The lowest BCUT2D eigenvalue weighted by molar-refractivity contribution is 0.205. The Bertz CT molecular complexity index is 1180. The molecule has 4 aromatic rings. The summed E-state index contributed by atoms with van der Waals surface area (Å²) in [7, 11) is 0. The molecule has 1 aliphatic carbocycles. The van der Waals surface area contributed by atoms with Crippen LogP contribution < -0.4 is 0 Å². The van der Waals surface area contributed by atoms with Crippen LogP contribution in [0, 0.1) is 0 Å². The van der Waals surface area contributed by atoms with Gasteiger partial charge >= 0.3 is 0 Å². The number of hydrogen-bond donors (Lipinski definition) is 0. The molecule has 1 nitrogen and oxygen atoms in total. The molecule has 0 saturated carbocycles. The van der Waals surface area contributed by atoms with Crippen LogP contribution in [0.1, 0.15) is 37.3 Å². The molecule has 0 amide bonds. The van der Waals surface area contributed by atoms with Crippen molar-refractivity contribution < 1.29 is 4.74 Å². The van der Waals surface area contributed by atoms with Crippen molar-refractivity contribution in [3.05, 3.63) is 77.5 Å². The second-order valence-electron chi connectivity index (χ2n) is 7.56. The molecule has 0 aliphatic heterocycles. The van der Waals surface area contributed by atoms with Gasteiger partial charge in [-0.3, -0.25) is 0 Å². The van der Waals surface area contributed by atoms with Crippen LogP contribution in [0.2, 0.25) is 0 Å². The number of unbranched alkanes of at least 4 members (excludes halogenated alkanes) is 2. The Hall–Kier alpha value is -2.80. The van der Waals surface area contributed by atoms with Crippen molar-refractivity contribution in [2.45, 2.75) is 32.6 Å². The Balaban J connectivity index is 1.59. The van der Waals surface area contributed by atoms with Gasteiger partial charge in [0.05, 0.1) is 6.61 Å². The zero-order valence-electron chi connectivity index (χ0n) is 15.8. The highest BCUT2D eigenvalue weighted by Crippen LogP contribution is 2.36. The first-order chi connectivity index (χ1) is 13.3. The molecule has 4 aromatic carbocycles. The van der Waals surface area contributed by atoms with E-state index in [1.54, 1.807) is 0 Å². The first-order valence-electron chi connectivity index (χ1n) is 10.0. The number of allylic oxidation sites excluding steroid dienone is 1. The monoisotopic (exact) mass is 352 g/mol. The summed E-state index contributed by atoms with van der Waals surface area (Å²) >= 11 is 0. The van der Waals surface area contributed by atoms with E-state index in [-0.39, 0.29) is 0 Å². The van der Waals surface area contributed by atoms with E-state index in [1.165, 1.54) is 56.3 Å². The van der Waals surface area contributed by atoms with Gasteiger partial charge in [0.25, 0.3) is 0 Å². The molecule has 0 radical (unpaired) electrons. The van der Waals surface area contributed by atoms with E-state index in [0.717, 1.165) is 25.2 Å². The molecule has 134 valence electrons. The van der Waals surface area contributed by atoms with E-state index in [4.69, 9.17) is 4.74 Å². The summed E-state index contributed by atoms with van der Waals surface area (Å²) in [6.45, 7) is 3.06. The lowest BCUT2D eigenvalue weighted by atomic mass is 9.94. The minimum absolute atomic E-state index is 0.834. The molecule has 5 rings (SSSR count). The van der Waals surface area contributed by atoms with Crippen LogP contribution in [-0.4, -0.2) is 6.61 Å². The Morgan fingerprint density at radius 2 is 1.59 bits per heavy atom. The van der Waals surface area contributed by atoms with Gasteiger partial charge in [-0.05, 0) is 68.1 Å². The highest BCUT2D eigenvalue weighted by Gasteiger charge is 2.17. The zero-order valence-corrected chi connectivity index (χ0v) is 15.8. The van der Waals surface area contributed by atoms with Crippen molar-refractivity contribution in [3.8, 4) is 0 Å². The number of hydrogen-bond acceptors (Lipinski definition) is 1. The topological polar surface area (TPSA) is 9.23 Å². The summed E-state index contributed by atoms with van der Waals surface area (Å²) in [6, 6.07) is 22.4. The average Bonchev–Trinajstić information content (AvgIpc) is 3.13. The maximum atomic E-state index is 6.04. The molecule has 0 aromatic heterocycles. The summed E-state index contributed by atoms with van der Waals surface area (Å²) in [5.41, 5.74) is 2.72. The standard InChI is InChI=1S/C26H24O/c1-2-3-6-13-27-22-15-21-10-12-23-24(26(21)17-22)11-9-20-14-18-7-4-5-8-19(18)16-25(20)23/h4-5,7-12,14,16-17H,2-3,6,13,15H2,1H3. The predicted octanol–water partition coefficient (Wildman–Crippen LogP) is 7.25. The smallest absolute Gasteiger partial charge is 0.101 e. The first-order valence-corrected chi connectivity index (χ1v) is 10.0. The molecule has 1 heteroatoms. The van der Waals surface area contributed by atoms with Crippen LogP contribution >= 0.6 is 0 Å². The Kier molecular flexibility index (Phi) is 4.09. The van der Waals surface area contributed by atoms with E-state index in [0.29, 0.717) is 0 Å². The minimum atomic E-state index is 0.834. The van der Waals surface area contributed by atoms with Gasteiger partial charge in [-0.2, -0.15) is 0 Å². The third-order valence-electron chi connectivity index (χ3n) is 5.72. The number of fused-ring (bicyclic) bond motifs is 6. The third-order valence-corrected chi connectivity index (χ3v) is 5.72. The summed E-state index contributed by atoms with van der Waals surface area (Å²) in [5, 5.41) is 7.91. The van der Waals surface area contributed by atoms with Crippen LogP contribution in [-0.2, 0) is 11.2 Å². The summed E-state index contributed by atoms with van der Waals surface area (Å²) in [4.78, 5) is 0. The maximum absolute atomic E-state index is 6.04. The van der Waals surface area contributed by atoms with E-state index in [2.05, 4.69) is 73.7 Å². The lowest BCUT2D eigenvalue weighted by Gasteiger charge is -2.09. The highest BCUT2D eigenvalue weighted by atomic mass is 16.5. The Morgan fingerprint density at radius 3 is 2.44 bits per heavy atom. The molecule has 0 saturated heterocycles. The Labute approximate surface area is 160 Å². The fraction of sp³-hybridized carbons (Fsp3) is 0.231. The molecule has 27 heavy (non-hydrogen) atoms. The molecule has 0 atom stereocenters. The number of ether oxygens (including phenoxy) is 1. The van der Waals surface area contributed by atoms with Crippen molar-refractivity contribution in [3.63, 3.8) is 0 Å². The number of rotatable bonds is 5. The van der Waals surface area contributed by atoms with Crippen molar-refractivity contribution in [1.82, 2.24) is 0 Å². The van der Waals surface area contributed by atoms with Gasteiger partial charge in [-0.1, -0.05) is 68.3 Å². The van der Waals surface area contributed by atoms with Crippen molar-refractivity contribution in [1.29, 1.82) is 0 Å². The first kappa shape index (κ1) is 16.4. The van der Waals surface area contributed by atoms with Crippen LogP contribution in [0.15, 0.2) is 66.4 Å². The van der Waals surface area contributed by atoms with E-state index in [9.17, 15) is 0 Å². The third kappa shape index (κ3) is 2.88. The fourth-order valence-corrected chi connectivity index (χ4v) is 4.27. The molecule has 0 bridgehead atoms. The maximum Gasteiger partial charge on any atom is 0.101 e. The van der Waals surface area contributed by atoms with Crippen LogP contribution in [0.5, 0.6) is 0 Å². The average molecular weight is 352 g/mol. The second kappa shape index (κ2) is 6.74. The molecule has 1 aliphatic rings. The summed E-state index contributed by atoms with van der Waals surface area (Å²) in [5.74, 6) is 1.12. The molecular weight excluding hydrogens is 328 g/mol. The minimum Gasteiger partial charge on any atom is -0.498 e. The van der Waals surface area contributed by atoms with Gasteiger partial charge in [-0.15, -0.1) is 0 Å². The molecule has 0 fully saturated rings. The molecule has 0 N–H and O–H groups in total. The van der Waals surface area contributed by atoms with Crippen LogP contribution in [0.4, 0.5) is 0 Å². The van der Waals surface area contributed by atoms with Crippen molar-refractivity contribution in [2.24, 2.45) is 0 Å². The van der Waals surface area contributed by atoms with Gasteiger partial charge in [0.2, 0.25) is 0 Å². The van der Waals surface area contributed by atoms with Gasteiger partial charge in [0.15, 0.2) is 0 Å². The Morgan fingerprint density at radius 1 is 0.778 bits per heavy atom. The van der Waals surface area contributed by atoms with E-state index in [1.807, 2.05) is 0 Å². The van der Waals surface area contributed by atoms with Crippen molar-refractivity contribution in [2.75, 3.05) is 6.61 Å². The lowest BCUT2D eigenvalue weighted by Crippen LogP contribution is -1.95. The zero-order chi connectivity index (χ0) is 18.2. The number of benzene rings is 4. The molecular formula is C26H24O. The summed E-state index contributed by atoms with van der Waals surface area (Å²) < 4.78 is 6.04. The van der Waals surface area contributed by atoms with Gasteiger partial charge in [0, 0.05) is 6.42 Å². The fourth-order valence-electron chi connectivity index (χ4n) is 4.27. The SMILES string of the molecule is CCCCCOC1=Cc2c(ccc3c2ccc2cc4ccccc4cc23)C1. The van der Waals surface area contributed by atoms with Crippen molar-refractivity contribution >= 4 is 38.4 Å². The molecule has 0 spiro atoms. The normalized spacial score (nSPS) is 13.3. The van der Waals surface area contributed by atoms with E-state index < -0.39 is 0 Å². The highest BCUT2D eigenvalue weighted by molar-refractivity contribution is 6.14. The van der Waals surface area contributed by atoms with Gasteiger partial charge in [0.1, 0.15) is 5.76 Å². The van der Waals surface area contributed by atoms with Crippen LogP contribution in [0.3, 0.4) is 0 Å². The quantitative estimate of drug-likeness (QED) is 0.209. The van der Waals surface area contributed by atoms with Gasteiger partial charge in [-0.25, -0.2) is 0 Å². The summed E-state index contributed by atoms with van der Waals surface area (Å²) in [6.07, 6.45) is 6.80. The van der Waals surface area contributed by atoms with Crippen LogP contribution in [0.25, 0.3) is 38.4 Å². The molecule has 0 unspecified atom stereocenters. The molecule has 0 heterocycles. The predicted molar refractivity (Wildman–Crippen MR) is 116 cm³/mol. The van der Waals surface area contributed by atoms with E-state index >= 15 is 0 Å². The largest absolute Gasteiger partial charge is 0.498 e. The van der Waals surface area contributed by atoms with Gasteiger partial charge < -0.3 is 4.74 Å².